The van der Waals surface area contributed by atoms with Crippen molar-refractivity contribution in [3.8, 4) is 0 Å². The molecule has 0 aromatic carbocycles. The largest absolute Gasteiger partial charge is 0.353 e. The zero-order valence-corrected chi connectivity index (χ0v) is 20.9. The maximum atomic E-state index is 13.7. The van der Waals surface area contributed by atoms with Crippen molar-refractivity contribution in [3.63, 3.8) is 0 Å². The van der Waals surface area contributed by atoms with Gasteiger partial charge in [0.25, 0.3) is 11.6 Å². The van der Waals surface area contributed by atoms with Crippen molar-refractivity contribution in [2.45, 2.75) is 85.6 Å². The number of rotatable bonds is 6. The smallest absolute Gasteiger partial charge is 0.259 e. The maximum absolute atomic E-state index is 13.7. The zero-order chi connectivity index (χ0) is 23.9. The standard InChI is InChI=1S/C26H38N4O3/c1-15(2)16(3)27-23(31)18-9-11-30(12-10-18)25(32)19-13-20(17-7-8-17)28-24-22(19)21(29-33-24)14-26(4,5)6/h13,15-18H,7-12,14H2,1-6H3,(H,27,31). The van der Waals surface area contributed by atoms with Crippen LogP contribution in [0.3, 0.4) is 0 Å². The Morgan fingerprint density at radius 3 is 2.39 bits per heavy atom. The van der Waals surface area contributed by atoms with Crippen LogP contribution in [0.4, 0.5) is 0 Å². The van der Waals surface area contributed by atoms with E-state index < -0.39 is 0 Å². The Labute approximate surface area is 196 Å². The summed E-state index contributed by atoms with van der Waals surface area (Å²) in [4.78, 5) is 32.9. The van der Waals surface area contributed by atoms with Crippen molar-refractivity contribution in [1.29, 1.82) is 0 Å². The van der Waals surface area contributed by atoms with Gasteiger partial charge >= 0.3 is 0 Å². The van der Waals surface area contributed by atoms with Crippen LogP contribution in [0.5, 0.6) is 0 Å². The summed E-state index contributed by atoms with van der Waals surface area (Å²) in [5.74, 6) is 0.877. The second kappa shape index (κ2) is 9.07. The summed E-state index contributed by atoms with van der Waals surface area (Å²) < 4.78 is 5.61. The highest BCUT2D eigenvalue weighted by molar-refractivity contribution is 6.06. The lowest BCUT2D eigenvalue weighted by Gasteiger charge is -2.32. The van der Waals surface area contributed by atoms with Crippen LogP contribution in [-0.2, 0) is 11.2 Å². The molecule has 7 nitrogen and oxygen atoms in total. The van der Waals surface area contributed by atoms with E-state index in [4.69, 9.17) is 9.51 Å². The Balaban J connectivity index is 1.54. The van der Waals surface area contributed by atoms with Crippen LogP contribution in [0.25, 0.3) is 11.1 Å². The molecule has 180 valence electrons. The summed E-state index contributed by atoms with van der Waals surface area (Å²) in [7, 11) is 0. The van der Waals surface area contributed by atoms with Gasteiger partial charge in [-0.2, -0.15) is 0 Å². The Morgan fingerprint density at radius 2 is 1.82 bits per heavy atom. The van der Waals surface area contributed by atoms with Crippen LogP contribution in [0, 0.1) is 17.3 Å². The summed E-state index contributed by atoms with van der Waals surface area (Å²) >= 11 is 0. The highest BCUT2D eigenvalue weighted by Gasteiger charge is 2.33. The maximum Gasteiger partial charge on any atom is 0.259 e. The van der Waals surface area contributed by atoms with Gasteiger partial charge in [0.15, 0.2) is 0 Å². The van der Waals surface area contributed by atoms with Crippen LogP contribution in [0.15, 0.2) is 10.6 Å². The van der Waals surface area contributed by atoms with Gasteiger partial charge in [-0.1, -0.05) is 39.8 Å². The molecule has 0 spiro atoms. The molecule has 1 aliphatic carbocycles. The number of piperidine rings is 1. The van der Waals surface area contributed by atoms with E-state index in [0.717, 1.165) is 29.6 Å². The van der Waals surface area contributed by atoms with E-state index >= 15 is 0 Å². The summed E-state index contributed by atoms with van der Waals surface area (Å²) in [6.07, 6.45) is 4.28. The van der Waals surface area contributed by atoms with Crippen LogP contribution in [0.2, 0.25) is 0 Å². The first kappa shape index (κ1) is 23.7. The molecular weight excluding hydrogens is 416 g/mol. The van der Waals surface area contributed by atoms with E-state index in [1.807, 2.05) is 17.9 Å². The molecule has 3 heterocycles. The van der Waals surface area contributed by atoms with Crippen molar-refractivity contribution in [2.24, 2.45) is 17.3 Å². The molecule has 1 atom stereocenters. The number of aromatic nitrogens is 2. The summed E-state index contributed by atoms with van der Waals surface area (Å²) in [6, 6.07) is 2.12. The number of likely N-dealkylation sites (tertiary alicyclic amines) is 1. The fourth-order valence-corrected chi connectivity index (χ4v) is 4.43. The second-order valence-electron chi connectivity index (χ2n) is 11.5. The first-order chi connectivity index (χ1) is 15.5. The van der Waals surface area contributed by atoms with Crippen molar-refractivity contribution < 1.29 is 14.1 Å². The molecule has 2 amide bonds. The predicted molar refractivity (Wildman–Crippen MR) is 128 cm³/mol. The Morgan fingerprint density at radius 1 is 1.15 bits per heavy atom. The van der Waals surface area contributed by atoms with Crippen molar-refractivity contribution in [3.05, 3.63) is 23.0 Å². The molecule has 33 heavy (non-hydrogen) atoms. The quantitative estimate of drug-likeness (QED) is 0.683. The minimum Gasteiger partial charge on any atom is -0.353 e. The molecule has 0 bridgehead atoms. The minimum atomic E-state index is -0.0400. The monoisotopic (exact) mass is 454 g/mol. The SMILES string of the molecule is CC(C)C(C)NC(=O)C1CCN(C(=O)c2cc(C3CC3)nc3onc(CC(C)(C)C)c23)CC1. The Bertz CT molecular complexity index is 1020. The van der Waals surface area contributed by atoms with E-state index in [9.17, 15) is 9.59 Å². The third-order valence-electron chi connectivity index (χ3n) is 6.98. The lowest BCUT2D eigenvalue weighted by atomic mass is 9.89. The molecule has 4 rings (SSSR count). The van der Waals surface area contributed by atoms with E-state index in [-0.39, 0.29) is 29.2 Å². The number of carbonyl (C=O) groups is 2. The molecule has 2 aromatic rings. The minimum absolute atomic E-state index is 0.00272. The highest BCUT2D eigenvalue weighted by atomic mass is 16.5. The first-order valence-electron chi connectivity index (χ1n) is 12.4. The third kappa shape index (κ3) is 5.39. The van der Waals surface area contributed by atoms with Gasteiger partial charge in [0.05, 0.1) is 16.6 Å². The summed E-state index contributed by atoms with van der Waals surface area (Å²) in [5.41, 5.74) is 2.87. The predicted octanol–water partition coefficient (Wildman–Crippen LogP) is 4.70. The normalized spacial score (nSPS) is 18.7. The van der Waals surface area contributed by atoms with E-state index in [0.29, 0.717) is 55.5 Å². The van der Waals surface area contributed by atoms with Crippen molar-refractivity contribution in [1.82, 2.24) is 20.4 Å². The number of pyridine rings is 1. The zero-order valence-electron chi connectivity index (χ0n) is 20.9. The molecule has 7 heteroatoms. The molecular formula is C26H38N4O3. The molecule has 1 unspecified atom stereocenters. The molecule has 2 aromatic heterocycles. The fraction of sp³-hybridized carbons (Fsp3) is 0.692. The second-order valence-corrected chi connectivity index (χ2v) is 11.5. The molecule has 1 saturated carbocycles. The van der Waals surface area contributed by atoms with E-state index in [1.165, 1.54) is 0 Å². The van der Waals surface area contributed by atoms with E-state index in [2.05, 4.69) is 45.1 Å². The topological polar surface area (TPSA) is 88.3 Å². The van der Waals surface area contributed by atoms with Crippen LogP contribution in [-0.4, -0.2) is 46.0 Å². The average Bonchev–Trinajstić information content (AvgIpc) is 3.54. The fourth-order valence-electron chi connectivity index (χ4n) is 4.43. The van der Waals surface area contributed by atoms with Gasteiger partial charge in [0.1, 0.15) is 0 Å². The summed E-state index contributed by atoms with van der Waals surface area (Å²) in [6.45, 7) is 13.9. The molecule has 1 aliphatic heterocycles. The van der Waals surface area contributed by atoms with Crippen LogP contribution >= 0.6 is 0 Å². The number of hydrogen-bond donors (Lipinski definition) is 1. The van der Waals surface area contributed by atoms with Crippen molar-refractivity contribution in [2.75, 3.05) is 13.1 Å². The van der Waals surface area contributed by atoms with Crippen LogP contribution < -0.4 is 5.32 Å². The molecule has 2 aliphatic rings. The number of nitrogens with one attached hydrogen (secondary N) is 1. The lowest BCUT2D eigenvalue weighted by Crippen LogP contribution is -2.45. The Hall–Kier alpha value is -2.44. The van der Waals surface area contributed by atoms with Gasteiger partial charge in [0.2, 0.25) is 5.91 Å². The third-order valence-corrected chi connectivity index (χ3v) is 6.98. The number of nitrogens with zero attached hydrogens (tertiary/aromatic N) is 3. The molecule has 1 saturated heterocycles. The van der Waals surface area contributed by atoms with Gasteiger partial charge in [-0.3, -0.25) is 9.59 Å². The van der Waals surface area contributed by atoms with Gasteiger partial charge in [-0.15, -0.1) is 0 Å². The average molecular weight is 455 g/mol. The lowest BCUT2D eigenvalue weighted by molar-refractivity contribution is -0.127. The first-order valence-corrected chi connectivity index (χ1v) is 12.4. The molecule has 0 radical (unpaired) electrons. The van der Waals surface area contributed by atoms with Gasteiger partial charge in [-0.25, -0.2) is 4.98 Å². The molecule has 2 fully saturated rings. The number of fused-ring (bicyclic) bond motifs is 1. The van der Waals surface area contributed by atoms with Crippen molar-refractivity contribution >= 4 is 22.9 Å². The van der Waals surface area contributed by atoms with Gasteiger partial charge in [0, 0.05) is 36.7 Å². The Kier molecular flexibility index (Phi) is 6.52. The van der Waals surface area contributed by atoms with E-state index in [1.54, 1.807) is 0 Å². The highest BCUT2D eigenvalue weighted by Crippen LogP contribution is 2.41. The summed E-state index contributed by atoms with van der Waals surface area (Å²) in [5, 5.41) is 8.19. The van der Waals surface area contributed by atoms with Crippen LogP contribution in [0.1, 0.15) is 94.9 Å². The number of amides is 2. The number of carbonyl (C=O) groups excluding carboxylic acids is 2. The van der Waals surface area contributed by atoms with Gasteiger partial charge in [-0.05, 0) is 56.4 Å². The number of hydrogen-bond acceptors (Lipinski definition) is 5. The molecule has 1 N–H and O–H groups in total. The van der Waals surface area contributed by atoms with Gasteiger partial charge < -0.3 is 14.7 Å².